The number of ketones is 1. The van der Waals surface area contributed by atoms with Crippen LogP contribution in [0.15, 0.2) is 41.4 Å². The molecule has 1 unspecified atom stereocenters. The van der Waals surface area contributed by atoms with E-state index in [0.717, 1.165) is 34.8 Å². The van der Waals surface area contributed by atoms with E-state index in [1.165, 1.54) is 6.92 Å². The summed E-state index contributed by atoms with van der Waals surface area (Å²) >= 11 is 0. The van der Waals surface area contributed by atoms with Gasteiger partial charge in [0.15, 0.2) is 5.78 Å². The molecule has 1 aromatic carbocycles. The summed E-state index contributed by atoms with van der Waals surface area (Å²) in [4.78, 5) is 26.3. The second kappa shape index (κ2) is 7.03. The largest absolute Gasteiger partial charge is 0.465 e. The molecule has 8 nitrogen and oxygen atoms in total. The van der Waals surface area contributed by atoms with Crippen LogP contribution in [0, 0.1) is 0 Å². The van der Waals surface area contributed by atoms with Crippen molar-refractivity contribution in [3.63, 3.8) is 0 Å². The standard InChI is InChI=1S/C17H14F3N3O5S/c1-9-5-14(24)15-13(7-11(8-21-15)22-16(25)26)23(9)29(27,28)12-4-2-3-10(6-12)17(18,19)20/h2-4,6-9,22H,5H2,1H3,(H,25,26). The van der Waals surface area contributed by atoms with Gasteiger partial charge in [-0.15, -0.1) is 0 Å². The molecule has 2 heterocycles. The highest BCUT2D eigenvalue weighted by atomic mass is 32.2. The quantitative estimate of drug-likeness (QED) is 0.773. The molecular formula is C17H14F3N3O5S. The molecular weight excluding hydrogens is 415 g/mol. The van der Waals surface area contributed by atoms with Gasteiger partial charge in [0.25, 0.3) is 10.0 Å². The first-order valence-corrected chi connectivity index (χ1v) is 9.60. The highest BCUT2D eigenvalue weighted by molar-refractivity contribution is 7.92. The lowest BCUT2D eigenvalue weighted by atomic mass is 10.0. The van der Waals surface area contributed by atoms with E-state index in [9.17, 15) is 31.2 Å². The van der Waals surface area contributed by atoms with Gasteiger partial charge in [0, 0.05) is 6.42 Å². The van der Waals surface area contributed by atoms with E-state index in [1.54, 1.807) is 0 Å². The Morgan fingerprint density at radius 1 is 1.31 bits per heavy atom. The Morgan fingerprint density at radius 2 is 2.00 bits per heavy atom. The lowest BCUT2D eigenvalue weighted by Gasteiger charge is -2.34. The van der Waals surface area contributed by atoms with Crippen LogP contribution in [0.2, 0.25) is 0 Å². The van der Waals surface area contributed by atoms with Crippen LogP contribution in [0.5, 0.6) is 0 Å². The topological polar surface area (TPSA) is 117 Å². The molecule has 154 valence electrons. The number of sulfonamides is 1. The second-order valence-electron chi connectivity index (χ2n) is 6.32. The molecule has 0 radical (unpaired) electrons. The van der Waals surface area contributed by atoms with Crippen LogP contribution in [-0.2, 0) is 16.2 Å². The molecule has 1 aliphatic heterocycles. The van der Waals surface area contributed by atoms with E-state index in [2.05, 4.69) is 4.98 Å². The van der Waals surface area contributed by atoms with Crippen molar-refractivity contribution in [2.24, 2.45) is 0 Å². The van der Waals surface area contributed by atoms with E-state index in [0.29, 0.717) is 6.07 Å². The summed E-state index contributed by atoms with van der Waals surface area (Å²) in [6.07, 6.45) is -5.36. The number of hydrogen-bond acceptors (Lipinski definition) is 5. The maximum Gasteiger partial charge on any atom is 0.416 e. The number of nitrogens with one attached hydrogen (secondary N) is 1. The molecule has 1 aromatic heterocycles. The van der Waals surface area contributed by atoms with Crippen LogP contribution in [0.1, 0.15) is 29.4 Å². The molecule has 1 aliphatic rings. The number of carbonyl (C=O) groups is 2. The van der Waals surface area contributed by atoms with Gasteiger partial charge >= 0.3 is 12.3 Å². The molecule has 1 atom stereocenters. The molecule has 3 rings (SSSR count). The third kappa shape index (κ3) is 3.88. The zero-order valence-corrected chi connectivity index (χ0v) is 15.6. The van der Waals surface area contributed by atoms with Crippen molar-refractivity contribution >= 4 is 33.3 Å². The molecule has 0 bridgehead atoms. The minimum Gasteiger partial charge on any atom is -0.465 e. The first kappa shape index (κ1) is 20.6. The predicted molar refractivity (Wildman–Crippen MR) is 95.4 cm³/mol. The number of benzene rings is 1. The van der Waals surface area contributed by atoms with Crippen LogP contribution < -0.4 is 9.62 Å². The monoisotopic (exact) mass is 429 g/mol. The number of fused-ring (bicyclic) bond motifs is 1. The number of halogens is 3. The van der Waals surface area contributed by atoms with Crippen LogP contribution in [0.4, 0.5) is 29.3 Å². The maximum absolute atomic E-state index is 13.2. The molecule has 29 heavy (non-hydrogen) atoms. The number of hydrogen-bond donors (Lipinski definition) is 2. The van der Waals surface area contributed by atoms with E-state index in [1.807, 2.05) is 5.32 Å². The van der Waals surface area contributed by atoms with E-state index < -0.39 is 44.6 Å². The van der Waals surface area contributed by atoms with Gasteiger partial charge in [-0.1, -0.05) is 6.07 Å². The number of carboxylic acid groups (broad SMARTS) is 1. The van der Waals surface area contributed by atoms with Crippen LogP contribution >= 0.6 is 0 Å². The summed E-state index contributed by atoms with van der Waals surface area (Å²) in [6, 6.07) is 3.42. The van der Waals surface area contributed by atoms with Crippen molar-refractivity contribution in [3.05, 3.63) is 47.8 Å². The first-order valence-electron chi connectivity index (χ1n) is 8.16. The van der Waals surface area contributed by atoms with Gasteiger partial charge in [-0.25, -0.2) is 18.2 Å². The van der Waals surface area contributed by atoms with Crippen molar-refractivity contribution < 1.29 is 36.3 Å². The lowest BCUT2D eigenvalue weighted by Crippen LogP contribution is -2.44. The number of anilines is 2. The first-order chi connectivity index (χ1) is 13.4. The van der Waals surface area contributed by atoms with Gasteiger partial charge in [0.05, 0.1) is 34.1 Å². The van der Waals surface area contributed by atoms with Crippen LogP contribution in [-0.4, -0.2) is 36.4 Å². The van der Waals surface area contributed by atoms with Gasteiger partial charge in [0.1, 0.15) is 5.69 Å². The molecule has 1 amide bonds. The number of aromatic nitrogens is 1. The molecule has 0 aliphatic carbocycles. The fourth-order valence-electron chi connectivity index (χ4n) is 3.03. The number of pyridine rings is 1. The number of carbonyl (C=O) groups excluding carboxylic acids is 1. The summed E-state index contributed by atoms with van der Waals surface area (Å²) in [7, 11) is -4.51. The summed E-state index contributed by atoms with van der Waals surface area (Å²) in [6.45, 7) is 1.42. The van der Waals surface area contributed by atoms with Gasteiger partial charge in [0.2, 0.25) is 0 Å². The number of rotatable bonds is 3. The smallest absolute Gasteiger partial charge is 0.416 e. The van der Waals surface area contributed by atoms with E-state index in [4.69, 9.17) is 5.11 Å². The van der Waals surface area contributed by atoms with Crippen molar-refractivity contribution in [1.82, 2.24) is 4.98 Å². The SMILES string of the molecule is CC1CC(=O)c2ncc(NC(=O)O)cc2N1S(=O)(=O)c1cccc(C(F)(F)F)c1. The molecule has 0 saturated heterocycles. The zero-order valence-electron chi connectivity index (χ0n) is 14.8. The van der Waals surface area contributed by atoms with Gasteiger partial charge in [-0.2, -0.15) is 13.2 Å². The molecule has 0 spiro atoms. The van der Waals surface area contributed by atoms with Gasteiger partial charge in [-0.3, -0.25) is 14.4 Å². The Hall–Kier alpha value is -3.15. The number of alkyl halides is 3. The zero-order chi connectivity index (χ0) is 21.6. The number of nitrogens with zero attached hydrogens (tertiary/aromatic N) is 2. The number of amides is 1. The third-order valence-corrected chi connectivity index (χ3v) is 6.14. The summed E-state index contributed by atoms with van der Waals surface area (Å²) in [5.41, 5.74) is -1.66. The van der Waals surface area contributed by atoms with Crippen molar-refractivity contribution in [2.45, 2.75) is 30.5 Å². The van der Waals surface area contributed by atoms with Crippen LogP contribution in [0.3, 0.4) is 0 Å². The fraction of sp³-hybridized carbons (Fsp3) is 0.235. The Balaban J connectivity index is 2.16. The maximum atomic E-state index is 13.2. The van der Waals surface area contributed by atoms with E-state index in [-0.39, 0.29) is 23.5 Å². The van der Waals surface area contributed by atoms with E-state index >= 15 is 0 Å². The average molecular weight is 429 g/mol. The fourth-order valence-corrected chi connectivity index (χ4v) is 4.73. The number of Topliss-reactive ketones (excluding diaryl/α,β-unsaturated/α-hetero) is 1. The van der Waals surface area contributed by atoms with Gasteiger partial charge in [-0.05, 0) is 31.2 Å². The predicted octanol–water partition coefficient (Wildman–Crippen LogP) is 3.36. The minimum atomic E-state index is -4.74. The molecule has 0 fully saturated rings. The van der Waals surface area contributed by atoms with Crippen LogP contribution in [0.25, 0.3) is 0 Å². The Bertz CT molecular complexity index is 1100. The Morgan fingerprint density at radius 3 is 2.62 bits per heavy atom. The summed E-state index contributed by atoms with van der Waals surface area (Å²) in [5, 5.41) is 10.8. The third-order valence-electron chi connectivity index (χ3n) is 4.22. The second-order valence-corrected chi connectivity index (χ2v) is 8.14. The summed E-state index contributed by atoms with van der Waals surface area (Å²) in [5.74, 6) is -0.468. The Kier molecular flexibility index (Phi) is 4.99. The molecule has 2 aromatic rings. The highest BCUT2D eigenvalue weighted by Crippen LogP contribution is 2.37. The van der Waals surface area contributed by atoms with Crippen molar-refractivity contribution in [1.29, 1.82) is 0 Å². The molecule has 0 saturated carbocycles. The molecule has 2 N–H and O–H groups in total. The minimum absolute atomic E-state index is 0.0950. The average Bonchev–Trinajstić information content (AvgIpc) is 2.60. The van der Waals surface area contributed by atoms with Crippen molar-refractivity contribution in [2.75, 3.05) is 9.62 Å². The highest BCUT2D eigenvalue weighted by Gasteiger charge is 2.39. The van der Waals surface area contributed by atoms with Gasteiger partial charge < -0.3 is 5.11 Å². The Labute approximate surface area is 163 Å². The normalized spacial score (nSPS) is 17.0. The molecule has 12 heteroatoms. The summed E-state index contributed by atoms with van der Waals surface area (Å²) < 4.78 is 66.2. The lowest BCUT2D eigenvalue weighted by molar-refractivity contribution is -0.137. The van der Waals surface area contributed by atoms with Crippen molar-refractivity contribution in [3.8, 4) is 0 Å².